The summed E-state index contributed by atoms with van der Waals surface area (Å²) in [5.41, 5.74) is 0.870. The lowest BCUT2D eigenvalue weighted by Gasteiger charge is -2.20. The molecule has 0 saturated carbocycles. The lowest BCUT2D eigenvalue weighted by molar-refractivity contribution is 0.0672. The van der Waals surface area contributed by atoms with E-state index in [0.29, 0.717) is 19.1 Å². The largest absolute Gasteiger partial charge is 0.492 e. The van der Waals surface area contributed by atoms with Gasteiger partial charge in [0.15, 0.2) is 5.96 Å². The second-order valence-corrected chi connectivity index (χ2v) is 6.46. The fourth-order valence-corrected chi connectivity index (χ4v) is 2.34. The summed E-state index contributed by atoms with van der Waals surface area (Å²) in [5.74, 6) is 1.49. The fourth-order valence-electron chi connectivity index (χ4n) is 2.34. The molecule has 0 aliphatic heterocycles. The first kappa shape index (κ1) is 19.8. The van der Waals surface area contributed by atoms with Crippen LogP contribution in [0, 0.1) is 6.92 Å². The summed E-state index contributed by atoms with van der Waals surface area (Å²) >= 11 is 0. The lowest BCUT2D eigenvalue weighted by Crippen LogP contribution is -2.40. The molecule has 7 nitrogen and oxygen atoms in total. The summed E-state index contributed by atoms with van der Waals surface area (Å²) in [6, 6.07) is 7.96. The molecule has 0 spiro atoms. The van der Waals surface area contributed by atoms with Gasteiger partial charge >= 0.3 is 0 Å². The molecule has 1 aromatic carbocycles. The van der Waals surface area contributed by atoms with Crippen LogP contribution in [0.5, 0.6) is 5.75 Å². The van der Waals surface area contributed by atoms with Gasteiger partial charge in [-0.25, -0.2) is 4.99 Å². The monoisotopic (exact) mass is 359 g/mol. The smallest absolute Gasteiger partial charge is 0.191 e. The summed E-state index contributed by atoms with van der Waals surface area (Å²) in [5, 5.41) is 21.1. The Hall–Kier alpha value is -2.54. The summed E-state index contributed by atoms with van der Waals surface area (Å²) < 4.78 is 7.37. The molecule has 0 amide bonds. The first-order valence-electron chi connectivity index (χ1n) is 8.84. The van der Waals surface area contributed by atoms with Crippen LogP contribution in [0.1, 0.15) is 25.0 Å². The second kappa shape index (κ2) is 9.24. The van der Waals surface area contributed by atoms with Crippen LogP contribution in [-0.4, -0.2) is 47.1 Å². The number of aliphatic imine (C=N–C) groups is 1. The predicted octanol–water partition coefficient (Wildman–Crippen LogP) is 1.57. The van der Waals surface area contributed by atoms with Crippen LogP contribution in [0.25, 0.3) is 0 Å². The van der Waals surface area contributed by atoms with Crippen LogP contribution in [0.15, 0.2) is 41.7 Å². The molecule has 1 aromatic heterocycles. The zero-order chi connectivity index (χ0) is 19.0. The SMILES string of the molecule is CCNC(=NCC(C)(O)c1cnn(C)c1)NCCOc1ccc(C)cc1. The van der Waals surface area contributed by atoms with Gasteiger partial charge in [-0.2, -0.15) is 5.10 Å². The minimum atomic E-state index is -1.07. The average Bonchev–Trinajstić information content (AvgIpc) is 3.05. The molecule has 2 rings (SSSR count). The number of hydrogen-bond donors (Lipinski definition) is 3. The van der Waals surface area contributed by atoms with Gasteiger partial charge in [-0.15, -0.1) is 0 Å². The minimum absolute atomic E-state index is 0.229. The van der Waals surface area contributed by atoms with Gasteiger partial charge in [-0.1, -0.05) is 17.7 Å². The Kier molecular flexibility index (Phi) is 7.03. The summed E-state index contributed by atoms with van der Waals surface area (Å²) in [6.45, 7) is 7.87. The van der Waals surface area contributed by atoms with E-state index in [4.69, 9.17) is 4.74 Å². The van der Waals surface area contributed by atoms with Crippen LogP contribution >= 0.6 is 0 Å². The number of aryl methyl sites for hydroxylation is 2. The third-order valence-corrected chi connectivity index (χ3v) is 3.90. The van der Waals surface area contributed by atoms with Crippen molar-refractivity contribution >= 4 is 5.96 Å². The molecule has 0 aliphatic rings. The number of rotatable bonds is 8. The predicted molar refractivity (Wildman–Crippen MR) is 103 cm³/mol. The number of aliphatic hydroxyl groups is 1. The Morgan fingerprint density at radius 1 is 1.31 bits per heavy atom. The molecule has 7 heteroatoms. The van der Waals surface area contributed by atoms with Crippen LogP contribution in [0.2, 0.25) is 0 Å². The Bertz CT molecular complexity index is 707. The van der Waals surface area contributed by atoms with Gasteiger partial charge in [-0.3, -0.25) is 4.68 Å². The van der Waals surface area contributed by atoms with E-state index in [1.807, 2.05) is 45.2 Å². The second-order valence-electron chi connectivity index (χ2n) is 6.46. The third kappa shape index (κ3) is 6.07. The van der Waals surface area contributed by atoms with Gasteiger partial charge in [0.05, 0.1) is 19.3 Å². The van der Waals surface area contributed by atoms with E-state index in [9.17, 15) is 5.11 Å². The number of nitrogens with zero attached hydrogens (tertiary/aromatic N) is 3. The molecule has 142 valence electrons. The molecule has 26 heavy (non-hydrogen) atoms. The fraction of sp³-hybridized carbons (Fsp3) is 0.474. The average molecular weight is 359 g/mol. The van der Waals surface area contributed by atoms with Gasteiger partial charge in [-0.05, 0) is 32.9 Å². The molecular weight excluding hydrogens is 330 g/mol. The first-order chi connectivity index (χ1) is 12.4. The Morgan fingerprint density at radius 2 is 2.04 bits per heavy atom. The number of hydrogen-bond acceptors (Lipinski definition) is 4. The highest BCUT2D eigenvalue weighted by molar-refractivity contribution is 5.79. The molecule has 0 radical (unpaired) electrons. The quantitative estimate of drug-likeness (QED) is 0.379. The van der Waals surface area contributed by atoms with Crippen molar-refractivity contribution in [3.05, 3.63) is 47.8 Å². The lowest BCUT2D eigenvalue weighted by atomic mass is 10.0. The number of benzene rings is 1. The van der Waals surface area contributed by atoms with E-state index in [0.717, 1.165) is 17.9 Å². The van der Waals surface area contributed by atoms with E-state index in [1.54, 1.807) is 24.0 Å². The molecule has 0 fully saturated rings. The van der Waals surface area contributed by atoms with E-state index in [-0.39, 0.29) is 6.54 Å². The van der Waals surface area contributed by atoms with Gasteiger partial charge in [0.1, 0.15) is 18.0 Å². The van der Waals surface area contributed by atoms with E-state index < -0.39 is 5.60 Å². The maximum atomic E-state index is 10.6. The zero-order valence-corrected chi connectivity index (χ0v) is 16.0. The van der Waals surface area contributed by atoms with Crippen molar-refractivity contribution in [2.45, 2.75) is 26.4 Å². The number of nitrogens with one attached hydrogen (secondary N) is 2. The number of ether oxygens (including phenoxy) is 1. The van der Waals surface area contributed by atoms with Crippen molar-refractivity contribution in [2.24, 2.45) is 12.0 Å². The van der Waals surface area contributed by atoms with Crippen molar-refractivity contribution < 1.29 is 9.84 Å². The van der Waals surface area contributed by atoms with Gasteiger partial charge < -0.3 is 20.5 Å². The standard InChI is InChI=1S/C19H29N5O2/c1-5-20-18(21-10-11-26-17-8-6-15(2)7-9-17)22-14-19(3,25)16-12-23-24(4)13-16/h6-9,12-13,25H,5,10-11,14H2,1-4H3,(H2,20,21,22). The van der Waals surface area contributed by atoms with E-state index >= 15 is 0 Å². The number of aromatic nitrogens is 2. The van der Waals surface area contributed by atoms with Crippen molar-refractivity contribution in [1.29, 1.82) is 0 Å². The molecule has 2 aromatic rings. The van der Waals surface area contributed by atoms with E-state index in [2.05, 4.69) is 20.7 Å². The third-order valence-electron chi connectivity index (χ3n) is 3.90. The molecule has 0 aliphatic carbocycles. The number of guanidine groups is 1. The molecule has 0 saturated heterocycles. The molecule has 3 N–H and O–H groups in total. The first-order valence-corrected chi connectivity index (χ1v) is 8.84. The summed E-state index contributed by atoms with van der Waals surface area (Å²) in [4.78, 5) is 4.48. The minimum Gasteiger partial charge on any atom is -0.492 e. The highest BCUT2D eigenvalue weighted by Crippen LogP contribution is 2.19. The Morgan fingerprint density at radius 3 is 2.65 bits per heavy atom. The van der Waals surface area contributed by atoms with Gasteiger partial charge in [0, 0.05) is 25.4 Å². The maximum Gasteiger partial charge on any atom is 0.191 e. The van der Waals surface area contributed by atoms with Gasteiger partial charge in [0.25, 0.3) is 0 Å². The van der Waals surface area contributed by atoms with Crippen LogP contribution in [0.4, 0.5) is 0 Å². The molecule has 1 unspecified atom stereocenters. The highest BCUT2D eigenvalue weighted by Gasteiger charge is 2.24. The molecule has 1 atom stereocenters. The van der Waals surface area contributed by atoms with Crippen LogP contribution in [0.3, 0.4) is 0 Å². The molecular formula is C19H29N5O2. The van der Waals surface area contributed by atoms with Crippen LogP contribution in [-0.2, 0) is 12.6 Å². The molecule has 0 bridgehead atoms. The zero-order valence-electron chi connectivity index (χ0n) is 16.0. The Labute approximate surface area is 155 Å². The van der Waals surface area contributed by atoms with E-state index in [1.165, 1.54) is 5.56 Å². The summed E-state index contributed by atoms with van der Waals surface area (Å²) in [7, 11) is 1.82. The summed E-state index contributed by atoms with van der Waals surface area (Å²) in [6.07, 6.45) is 3.45. The Balaban J connectivity index is 1.84. The highest BCUT2D eigenvalue weighted by atomic mass is 16.5. The van der Waals surface area contributed by atoms with Crippen LogP contribution < -0.4 is 15.4 Å². The van der Waals surface area contributed by atoms with Crippen molar-refractivity contribution in [2.75, 3.05) is 26.2 Å². The van der Waals surface area contributed by atoms with Crippen molar-refractivity contribution in [1.82, 2.24) is 20.4 Å². The van der Waals surface area contributed by atoms with Crippen molar-refractivity contribution in [3.63, 3.8) is 0 Å². The molecule has 1 heterocycles. The normalized spacial score (nSPS) is 14.0. The topological polar surface area (TPSA) is 83.7 Å². The van der Waals surface area contributed by atoms with Crippen molar-refractivity contribution in [3.8, 4) is 5.75 Å². The maximum absolute atomic E-state index is 10.6. The van der Waals surface area contributed by atoms with Gasteiger partial charge in [0.2, 0.25) is 0 Å².